The van der Waals surface area contributed by atoms with Gasteiger partial charge in [-0.3, -0.25) is 9.69 Å². The van der Waals surface area contributed by atoms with Crippen molar-refractivity contribution in [2.45, 2.75) is 6.54 Å². The Kier molecular flexibility index (Phi) is 5.50. The van der Waals surface area contributed by atoms with Gasteiger partial charge in [-0.05, 0) is 24.7 Å². The average Bonchev–Trinajstić information content (AvgIpc) is 2.31. The van der Waals surface area contributed by atoms with Gasteiger partial charge in [0, 0.05) is 25.1 Å². The van der Waals surface area contributed by atoms with E-state index in [4.69, 9.17) is 5.11 Å². The fourth-order valence-corrected chi connectivity index (χ4v) is 2.03. The molecule has 0 aliphatic carbocycles. The minimum Gasteiger partial charge on any atom is -0.478 e. The minimum absolute atomic E-state index is 0.0285. The topological polar surface area (TPSA) is 60.9 Å². The van der Waals surface area contributed by atoms with Crippen molar-refractivity contribution in [1.82, 2.24) is 9.80 Å². The number of hydrogen-bond donors (Lipinski definition) is 1. The molecule has 0 aliphatic rings. The SMILES string of the molecule is CN(CC(=O)N(C)C)Cc1ccc(C(=O)O)cc1Br. The Hall–Kier alpha value is -1.40. The smallest absolute Gasteiger partial charge is 0.335 e. The number of carboxylic acids is 1. The number of hydrogen-bond acceptors (Lipinski definition) is 3. The molecule has 6 heteroatoms. The molecule has 0 aromatic heterocycles. The zero-order valence-electron chi connectivity index (χ0n) is 11.2. The van der Waals surface area contributed by atoms with E-state index in [1.165, 1.54) is 0 Å². The molecule has 0 unspecified atom stereocenters. The molecule has 0 radical (unpaired) electrons. The lowest BCUT2D eigenvalue weighted by Gasteiger charge is -2.19. The Bertz CT molecular complexity index is 489. The number of likely N-dealkylation sites (N-methyl/N-ethyl adjacent to an activating group) is 2. The van der Waals surface area contributed by atoms with Crippen molar-refractivity contribution in [3.05, 3.63) is 33.8 Å². The maximum Gasteiger partial charge on any atom is 0.335 e. The van der Waals surface area contributed by atoms with Crippen molar-refractivity contribution >= 4 is 27.8 Å². The lowest BCUT2D eigenvalue weighted by molar-refractivity contribution is -0.129. The standard InChI is InChI=1S/C13H17BrN2O3/c1-15(2)12(17)8-16(3)7-10-5-4-9(13(18)19)6-11(10)14/h4-6H,7-8H2,1-3H3,(H,18,19). The highest BCUT2D eigenvalue weighted by atomic mass is 79.9. The Labute approximate surface area is 120 Å². The second-order valence-electron chi connectivity index (χ2n) is 4.57. The van der Waals surface area contributed by atoms with Gasteiger partial charge in [0.05, 0.1) is 12.1 Å². The predicted octanol–water partition coefficient (Wildman–Crippen LogP) is 1.67. The first-order chi connectivity index (χ1) is 8.81. The molecule has 0 spiro atoms. The number of rotatable bonds is 5. The molecule has 1 N–H and O–H groups in total. The molecule has 1 aromatic carbocycles. The molecule has 1 amide bonds. The van der Waals surface area contributed by atoms with Gasteiger partial charge in [0.1, 0.15) is 0 Å². The summed E-state index contributed by atoms with van der Waals surface area (Å²) in [6.07, 6.45) is 0. The maximum atomic E-state index is 11.6. The molecule has 0 saturated heterocycles. The molecular weight excluding hydrogens is 312 g/mol. The number of benzene rings is 1. The molecule has 19 heavy (non-hydrogen) atoms. The monoisotopic (exact) mass is 328 g/mol. The molecule has 0 atom stereocenters. The van der Waals surface area contributed by atoms with Crippen molar-refractivity contribution in [3.8, 4) is 0 Å². The molecular formula is C13H17BrN2O3. The highest BCUT2D eigenvalue weighted by molar-refractivity contribution is 9.10. The van der Waals surface area contributed by atoms with Crippen molar-refractivity contribution in [3.63, 3.8) is 0 Å². The van der Waals surface area contributed by atoms with Gasteiger partial charge in [0.15, 0.2) is 0 Å². The summed E-state index contributed by atoms with van der Waals surface area (Å²) in [5.41, 5.74) is 1.18. The highest BCUT2D eigenvalue weighted by Gasteiger charge is 2.11. The summed E-state index contributed by atoms with van der Waals surface area (Å²) in [4.78, 5) is 25.8. The van der Waals surface area contributed by atoms with Crippen LogP contribution in [0, 0.1) is 0 Å². The zero-order chi connectivity index (χ0) is 14.6. The van der Waals surface area contributed by atoms with Crippen LogP contribution in [0.3, 0.4) is 0 Å². The third-order valence-electron chi connectivity index (χ3n) is 2.64. The Morgan fingerprint density at radius 3 is 2.37 bits per heavy atom. The quantitative estimate of drug-likeness (QED) is 0.893. The first kappa shape index (κ1) is 15.7. The van der Waals surface area contributed by atoms with Crippen LogP contribution in [0.2, 0.25) is 0 Å². The van der Waals surface area contributed by atoms with E-state index < -0.39 is 5.97 Å². The van der Waals surface area contributed by atoms with Gasteiger partial charge in [-0.1, -0.05) is 22.0 Å². The van der Waals surface area contributed by atoms with Gasteiger partial charge in [0.25, 0.3) is 0 Å². The lowest BCUT2D eigenvalue weighted by Crippen LogP contribution is -2.34. The Morgan fingerprint density at radius 1 is 1.26 bits per heavy atom. The fourth-order valence-electron chi connectivity index (χ4n) is 1.53. The molecule has 0 saturated carbocycles. The molecule has 0 fully saturated rings. The maximum absolute atomic E-state index is 11.6. The van der Waals surface area contributed by atoms with Crippen molar-refractivity contribution in [2.75, 3.05) is 27.7 Å². The van der Waals surface area contributed by atoms with Crippen LogP contribution in [0.4, 0.5) is 0 Å². The van der Waals surface area contributed by atoms with Crippen LogP contribution in [0.1, 0.15) is 15.9 Å². The molecule has 0 aliphatic heterocycles. The van der Waals surface area contributed by atoms with Gasteiger partial charge in [-0.15, -0.1) is 0 Å². The van der Waals surface area contributed by atoms with E-state index >= 15 is 0 Å². The summed E-state index contributed by atoms with van der Waals surface area (Å²) >= 11 is 3.35. The van der Waals surface area contributed by atoms with Crippen LogP contribution in [0.15, 0.2) is 22.7 Å². The first-order valence-corrected chi connectivity index (χ1v) is 6.51. The van der Waals surface area contributed by atoms with Gasteiger partial charge >= 0.3 is 5.97 Å². The normalized spacial score (nSPS) is 10.6. The van der Waals surface area contributed by atoms with Crippen LogP contribution in [0.5, 0.6) is 0 Å². The molecule has 1 aromatic rings. The molecule has 5 nitrogen and oxygen atoms in total. The summed E-state index contributed by atoms with van der Waals surface area (Å²) in [6, 6.07) is 4.88. The Morgan fingerprint density at radius 2 is 1.89 bits per heavy atom. The third-order valence-corrected chi connectivity index (χ3v) is 3.38. The van der Waals surface area contributed by atoms with E-state index in [0.717, 1.165) is 10.0 Å². The molecule has 0 heterocycles. The van der Waals surface area contributed by atoms with Crippen molar-refractivity contribution < 1.29 is 14.7 Å². The van der Waals surface area contributed by atoms with Crippen molar-refractivity contribution in [1.29, 1.82) is 0 Å². The summed E-state index contributed by atoms with van der Waals surface area (Å²) in [5, 5.41) is 8.88. The van der Waals surface area contributed by atoms with Crippen LogP contribution >= 0.6 is 15.9 Å². The summed E-state index contributed by atoms with van der Waals surface area (Å²) in [5.74, 6) is -0.927. The van der Waals surface area contributed by atoms with E-state index in [0.29, 0.717) is 13.1 Å². The number of carboxylic acid groups (broad SMARTS) is 1. The van der Waals surface area contributed by atoms with E-state index in [1.54, 1.807) is 37.2 Å². The second kappa shape index (κ2) is 6.68. The van der Waals surface area contributed by atoms with Gasteiger partial charge in [0.2, 0.25) is 5.91 Å². The molecule has 104 valence electrons. The number of aromatic carboxylic acids is 1. The average molecular weight is 329 g/mol. The van der Waals surface area contributed by atoms with Gasteiger partial charge < -0.3 is 10.0 Å². The first-order valence-electron chi connectivity index (χ1n) is 5.71. The summed E-state index contributed by atoms with van der Waals surface area (Å²) in [7, 11) is 5.28. The fraction of sp³-hybridized carbons (Fsp3) is 0.385. The van der Waals surface area contributed by atoms with E-state index in [-0.39, 0.29) is 11.5 Å². The van der Waals surface area contributed by atoms with Gasteiger partial charge in [-0.2, -0.15) is 0 Å². The van der Waals surface area contributed by atoms with Crippen LogP contribution in [-0.2, 0) is 11.3 Å². The molecule has 0 bridgehead atoms. The number of nitrogens with zero attached hydrogens (tertiary/aromatic N) is 2. The van der Waals surface area contributed by atoms with E-state index in [2.05, 4.69) is 15.9 Å². The third kappa shape index (κ3) is 4.65. The van der Waals surface area contributed by atoms with E-state index in [9.17, 15) is 9.59 Å². The van der Waals surface area contributed by atoms with Crippen LogP contribution in [-0.4, -0.2) is 54.5 Å². The lowest BCUT2D eigenvalue weighted by atomic mass is 10.1. The van der Waals surface area contributed by atoms with Crippen molar-refractivity contribution in [2.24, 2.45) is 0 Å². The predicted molar refractivity (Wildman–Crippen MR) is 76.1 cm³/mol. The Balaban J connectivity index is 2.72. The van der Waals surface area contributed by atoms with Crippen LogP contribution < -0.4 is 0 Å². The summed E-state index contributed by atoms with van der Waals surface area (Å²) < 4.78 is 0.733. The zero-order valence-corrected chi connectivity index (χ0v) is 12.8. The minimum atomic E-state index is -0.955. The van der Waals surface area contributed by atoms with Gasteiger partial charge in [-0.25, -0.2) is 4.79 Å². The number of halogens is 1. The molecule has 1 rings (SSSR count). The largest absolute Gasteiger partial charge is 0.478 e. The number of carbonyl (C=O) groups excluding carboxylic acids is 1. The second-order valence-corrected chi connectivity index (χ2v) is 5.43. The van der Waals surface area contributed by atoms with E-state index in [1.807, 2.05) is 11.9 Å². The van der Waals surface area contributed by atoms with Crippen LogP contribution in [0.25, 0.3) is 0 Å². The number of carbonyl (C=O) groups is 2. The summed E-state index contributed by atoms with van der Waals surface area (Å²) in [6.45, 7) is 0.889. The highest BCUT2D eigenvalue weighted by Crippen LogP contribution is 2.20. The number of amides is 1.